The number of aryl methyl sites for hydroxylation is 1. The van der Waals surface area contributed by atoms with Crippen molar-refractivity contribution >= 4 is 45.0 Å². The normalized spacial score (nSPS) is 15.1. The molecule has 10 heteroatoms. The minimum atomic E-state index is -4.06. The van der Waals surface area contributed by atoms with Gasteiger partial charge in [-0.15, -0.1) is 0 Å². The Bertz CT molecular complexity index is 1350. The Morgan fingerprint density at radius 3 is 2.29 bits per heavy atom. The van der Waals surface area contributed by atoms with Crippen molar-refractivity contribution in [2.24, 2.45) is 0 Å². The molecule has 34 heavy (non-hydrogen) atoms. The molecule has 1 aliphatic rings. The maximum absolute atomic E-state index is 13.6. The summed E-state index contributed by atoms with van der Waals surface area (Å²) >= 11 is 12.4. The number of anilines is 1. The summed E-state index contributed by atoms with van der Waals surface area (Å²) in [6.45, 7) is 7.56. The summed E-state index contributed by atoms with van der Waals surface area (Å²) in [6, 6.07) is 14.0. The fraction of sp³-hybridized carbons (Fsp3) is 0.250. The Hall–Kier alpha value is -2.81. The molecule has 4 rings (SSSR count). The highest BCUT2D eigenvalue weighted by Crippen LogP contribution is 2.39. The second-order valence-corrected chi connectivity index (χ2v) is 10.2. The Labute approximate surface area is 210 Å². The van der Waals surface area contributed by atoms with Gasteiger partial charge in [-0.2, -0.15) is 5.10 Å². The number of nitrogens with one attached hydrogen (secondary N) is 1. The van der Waals surface area contributed by atoms with E-state index in [-0.39, 0.29) is 10.5 Å². The van der Waals surface area contributed by atoms with Gasteiger partial charge >= 0.3 is 0 Å². The van der Waals surface area contributed by atoms with Crippen LogP contribution in [0.1, 0.15) is 38.1 Å². The molecular formula is C24H26Cl2N4O3S. The SMILES string of the molecule is CC.CC1=C(C(=O)N(C)S(=O)(=O)c2ccccc2)C(c2ccc(Cl)c(Cl)c2)n2nc(C)cc2N1. The number of allylic oxidation sites excluding steroid dienone is 1. The number of hydrogen-bond donors (Lipinski definition) is 1. The van der Waals surface area contributed by atoms with Crippen molar-refractivity contribution in [1.82, 2.24) is 14.1 Å². The van der Waals surface area contributed by atoms with E-state index in [0.29, 0.717) is 27.1 Å². The van der Waals surface area contributed by atoms with E-state index in [1.165, 1.54) is 19.2 Å². The Morgan fingerprint density at radius 1 is 1.03 bits per heavy atom. The van der Waals surface area contributed by atoms with E-state index in [0.717, 1.165) is 10.00 Å². The molecule has 0 radical (unpaired) electrons. The summed E-state index contributed by atoms with van der Waals surface area (Å²) in [5.41, 5.74) is 2.15. The first-order valence-corrected chi connectivity index (χ1v) is 12.9. The van der Waals surface area contributed by atoms with Crippen molar-refractivity contribution in [3.05, 3.63) is 87.2 Å². The molecule has 0 saturated carbocycles. The Morgan fingerprint density at radius 2 is 1.68 bits per heavy atom. The number of carbonyl (C=O) groups is 1. The number of amides is 1. The van der Waals surface area contributed by atoms with Crippen LogP contribution in [0.4, 0.5) is 5.82 Å². The number of halogens is 2. The van der Waals surface area contributed by atoms with Gasteiger partial charge in [0.1, 0.15) is 11.9 Å². The van der Waals surface area contributed by atoms with Crippen molar-refractivity contribution < 1.29 is 13.2 Å². The number of likely N-dealkylation sites (N-methyl/N-ethyl adjacent to an activating group) is 1. The van der Waals surface area contributed by atoms with Crippen molar-refractivity contribution in [1.29, 1.82) is 0 Å². The molecule has 7 nitrogen and oxygen atoms in total. The highest BCUT2D eigenvalue weighted by molar-refractivity contribution is 7.89. The van der Waals surface area contributed by atoms with Gasteiger partial charge in [-0.1, -0.05) is 61.3 Å². The van der Waals surface area contributed by atoms with E-state index in [1.54, 1.807) is 48.0 Å². The van der Waals surface area contributed by atoms with Crippen molar-refractivity contribution in [2.45, 2.75) is 38.6 Å². The molecule has 1 unspecified atom stereocenters. The van der Waals surface area contributed by atoms with Crippen LogP contribution in [0.25, 0.3) is 0 Å². The zero-order valence-corrected chi connectivity index (χ0v) is 21.8. The molecule has 1 aromatic heterocycles. The number of aromatic nitrogens is 2. The first-order valence-electron chi connectivity index (χ1n) is 10.7. The van der Waals surface area contributed by atoms with Gasteiger partial charge in [0.15, 0.2) is 0 Å². The second-order valence-electron chi connectivity index (χ2n) is 7.45. The van der Waals surface area contributed by atoms with Crippen LogP contribution in [0.2, 0.25) is 10.0 Å². The summed E-state index contributed by atoms with van der Waals surface area (Å²) in [5, 5.41) is 8.39. The van der Waals surface area contributed by atoms with Gasteiger partial charge < -0.3 is 5.32 Å². The van der Waals surface area contributed by atoms with Crippen LogP contribution in [0.5, 0.6) is 0 Å². The summed E-state index contributed by atoms with van der Waals surface area (Å²) in [5.74, 6) is 0.00919. The van der Waals surface area contributed by atoms with Crippen LogP contribution >= 0.6 is 23.2 Å². The lowest BCUT2D eigenvalue weighted by atomic mass is 9.95. The van der Waals surface area contributed by atoms with E-state index in [4.69, 9.17) is 23.2 Å². The number of sulfonamides is 1. The first-order chi connectivity index (χ1) is 16.1. The van der Waals surface area contributed by atoms with Crippen LogP contribution in [-0.4, -0.2) is 35.5 Å². The van der Waals surface area contributed by atoms with Gasteiger partial charge in [0.25, 0.3) is 15.9 Å². The summed E-state index contributed by atoms with van der Waals surface area (Å²) in [4.78, 5) is 13.7. The number of fused-ring (bicyclic) bond motifs is 1. The van der Waals surface area contributed by atoms with Crippen molar-refractivity contribution in [2.75, 3.05) is 12.4 Å². The molecule has 2 aromatic carbocycles. The molecule has 0 bridgehead atoms. The first kappa shape index (κ1) is 25.8. The molecule has 0 spiro atoms. The molecule has 1 aliphatic heterocycles. The fourth-order valence-electron chi connectivity index (χ4n) is 3.69. The molecule has 1 atom stereocenters. The monoisotopic (exact) mass is 520 g/mol. The van der Waals surface area contributed by atoms with Gasteiger partial charge in [0, 0.05) is 18.8 Å². The molecule has 180 valence electrons. The predicted molar refractivity (Wildman–Crippen MR) is 136 cm³/mol. The van der Waals surface area contributed by atoms with E-state index in [2.05, 4.69) is 10.4 Å². The number of hydrogen-bond acceptors (Lipinski definition) is 5. The highest BCUT2D eigenvalue weighted by atomic mass is 35.5. The number of rotatable bonds is 4. The molecule has 1 N–H and O–H groups in total. The number of carbonyl (C=O) groups excluding carboxylic acids is 1. The zero-order chi connectivity index (χ0) is 25.2. The standard InChI is InChI=1S/C22H20Cl2N4O3S.C2H6/c1-13-11-19-25-14(2)20(21(28(19)26-13)15-9-10-17(23)18(24)12-15)22(29)27(3)32(30,31)16-7-5-4-6-8-16;1-2/h4-12,21,25H,1-3H3;1-2H3. The van der Waals surface area contributed by atoms with Crippen LogP contribution in [0, 0.1) is 6.92 Å². The highest BCUT2D eigenvalue weighted by Gasteiger charge is 2.38. The minimum absolute atomic E-state index is 0.0274. The molecular weight excluding hydrogens is 495 g/mol. The third kappa shape index (κ3) is 4.71. The van der Waals surface area contributed by atoms with Gasteiger partial charge in [0.05, 0.1) is 26.2 Å². The summed E-state index contributed by atoms with van der Waals surface area (Å²) in [7, 11) is -2.81. The van der Waals surface area contributed by atoms with Crippen LogP contribution < -0.4 is 5.32 Å². The molecule has 0 saturated heterocycles. The van der Waals surface area contributed by atoms with Gasteiger partial charge in [-0.25, -0.2) is 17.4 Å². The average Bonchev–Trinajstić information content (AvgIpc) is 3.20. The van der Waals surface area contributed by atoms with E-state index in [9.17, 15) is 13.2 Å². The van der Waals surface area contributed by atoms with Crippen molar-refractivity contribution in [3.63, 3.8) is 0 Å². The minimum Gasteiger partial charge on any atom is -0.344 e. The molecule has 0 aliphatic carbocycles. The summed E-state index contributed by atoms with van der Waals surface area (Å²) in [6.07, 6.45) is 0. The molecule has 0 fully saturated rings. The molecule has 3 aromatic rings. The lowest BCUT2D eigenvalue weighted by Gasteiger charge is -2.31. The van der Waals surface area contributed by atoms with Gasteiger partial charge in [-0.3, -0.25) is 4.79 Å². The van der Waals surface area contributed by atoms with Crippen LogP contribution in [0.15, 0.2) is 70.8 Å². The van der Waals surface area contributed by atoms with Gasteiger partial charge in [-0.05, 0) is 43.7 Å². The van der Waals surface area contributed by atoms with Crippen LogP contribution in [-0.2, 0) is 14.8 Å². The predicted octanol–water partition coefficient (Wildman–Crippen LogP) is 5.66. The smallest absolute Gasteiger partial charge is 0.267 e. The lowest BCUT2D eigenvalue weighted by molar-refractivity contribution is -0.122. The van der Waals surface area contributed by atoms with E-state index in [1.807, 2.05) is 26.8 Å². The van der Waals surface area contributed by atoms with E-state index >= 15 is 0 Å². The third-order valence-electron chi connectivity index (χ3n) is 5.27. The fourth-order valence-corrected chi connectivity index (χ4v) is 5.13. The largest absolute Gasteiger partial charge is 0.344 e. The zero-order valence-electron chi connectivity index (χ0n) is 19.5. The maximum Gasteiger partial charge on any atom is 0.267 e. The van der Waals surface area contributed by atoms with Crippen molar-refractivity contribution in [3.8, 4) is 0 Å². The average molecular weight is 521 g/mol. The quantitative estimate of drug-likeness (QED) is 0.479. The number of benzene rings is 2. The molecule has 1 amide bonds. The Balaban J connectivity index is 0.00000158. The van der Waals surface area contributed by atoms with Gasteiger partial charge in [0.2, 0.25) is 0 Å². The second kappa shape index (κ2) is 10.2. The number of nitrogens with zero attached hydrogens (tertiary/aromatic N) is 3. The maximum atomic E-state index is 13.6. The third-order valence-corrected chi connectivity index (χ3v) is 7.77. The Kier molecular flexibility index (Phi) is 7.75. The van der Waals surface area contributed by atoms with Crippen LogP contribution in [0.3, 0.4) is 0 Å². The lowest BCUT2D eigenvalue weighted by Crippen LogP contribution is -2.39. The topological polar surface area (TPSA) is 84.3 Å². The molecule has 2 heterocycles. The summed E-state index contributed by atoms with van der Waals surface area (Å²) < 4.78 is 28.6. The van der Waals surface area contributed by atoms with E-state index < -0.39 is 22.0 Å².